The highest BCUT2D eigenvalue weighted by Gasteiger charge is 2.23. The smallest absolute Gasteiger partial charge is 0.267 e. The SMILES string of the molecule is C/C(=N/NC(=O)CSc1nc2sc3c(c2c(=O)n1-c1ccc(C)cc1)CCCC3)c1cccnc1. The zero-order chi connectivity index (χ0) is 24.4. The lowest BCUT2D eigenvalue weighted by molar-refractivity contribution is -0.118. The van der Waals surface area contributed by atoms with Gasteiger partial charge >= 0.3 is 0 Å². The molecule has 3 aromatic heterocycles. The molecular formula is C26H25N5O2S2. The summed E-state index contributed by atoms with van der Waals surface area (Å²) in [6, 6.07) is 11.5. The van der Waals surface area contributed by atoms with Crippen molar-refractivity contribution in [2.75, 3.05) is 5.75 Å². The van der Waals surface area contributed by atoms with Crippen molar-refractivity contribution < 1.29 is 4.79 Å². The van der Waals surface area contributed by atoms with E-state index in [9.17, 15) is 9.59 Å². The van der Waals surface area contributed by atoms with Crippen molar-refractivity contribution >= 4 is 44.9 Å². The maximum atomic E-state index is 13.8. The number of thioether (sulfide) groups is 1. The number of thiophene rings is 1. The zero-order valence-corrected chi connectivity index (χ0v) is 21.2. The van der Waals surface area contributed by atoms with Crippen molar-refractivity contribution in [1.29, 1.82) is 0 Å². The van der Waals surface area contributed by atoms with Crippen LogP contribution in [0.15, 0.2) is 63.8 Å². The fourth-order valence-corrected chi connectivity index (χ4v) is 6.26. The number of carbonyl (C=O) groups is 1. The summed E-state index contributed by atoms with van der Waals surface area (Å²) in [6.45, 7) is 3.82. The molecule has 9 heteroatoms. The quantitative estimate of drug-likeness (QED) is 0.179. The van der Waals surface area contributed by atoms with Crippen molar-refractivity contribution in [3.8, 4) is 5.69 Å². The van der Waals surface area contributed by atoms with Crippen LogP contribution < -0.4 is 11.0 Å². The largest absolute Gasteiger partial charge is 0.272 e. The van der Waals surface area contributed by atoms with Crippen LogP contribution in [0, 0.1) is 6.92 Å². The molecule has 4 aromatic rings. The van der Waals surface area contributed by atoms with Gasteiger partial charge in [0, 0.05) is 22.8 Å². The summed E-state index contributed by atoms with van der Waals surface area (Å²) in [5, 5.41) is 5.42. The topological polar surface area (TPSA) is 89.2 Å². The third kappa shape index (κ3) is 4.92. The van der Waals surface area contributed by atoms with Crippen LogP contribution >= 0.6 is 23.1 Å². The zero-order valence-electron chi connectivity index (χ0n) is 19.6. The van der Waals surface area contributed by atoms with E-state index in [2.05, 4.69) is 15.5 Å². The number of nitrogens with zero attached hydrogens (tertiary/aromatic N) is 4. The van der Waals surface area contributed by atoms with Crippen molar-refractivity contribution in [2.45, 2.75) is 44.7 Å². The van der Waals surface area contributed by atoms with Gasteiger partial charge in [0.05, 0.1) is 22.5 Å². The Morgan fingerprint density at radius 1 is 1.20 bits per heavy atom. The van der Waals surface area contributed by atoms with Crippen molar-refractivity contribution in [3.63, 3.8) is 0 Å². The maximum absolute atomic E-state index is 13.8. The fraction of sp³-hybridized carbons (Fsp3) is 0.269. The van der Waals surface area contributed by atoms with Crippen LogP contribution in [0.5, 0.6) is 0 Å². The molecule has 0 atom stereocenters. The number of amides is 1. The van der Waals surface area contributed by atoms with Crippen LogP contribution in [0.3, 0.4) is 0 Å². The third-order valence-corrected chi connectivity index (χ3v) is 8.13. The first-order valence-electron chi connectivity index (χ1n) is 11.5. The average Bonchev–Trinajstić information content (AvgIpc) is 3.26. The molecule has 35 heavy (non-hydrogen) atoms. The van der Waals surface area contributed by atoms with E-state index in [0.29, 0.717) is 10.9 Å². The Morgan fingerprint density at radius 2 is 2.00 bits per heavy atom. The van der Waals surface area contributed by atoms with Gasteiger partial charge in [-0.1, -0.05) is 35.5 Å². The van der Waals surface area contributed by atoms with Gasteiger partial charge in [0.15, 0.2) is 5.16 Å². The molecule has 1 N–H and O–H groups in total. The fourth-order valence-electron chi connectivity index (χ4n) is 4.15. The third-order valence-electron chi connectivity index (χ3n) is 6.01. The van der Waals surface area contributed by atoms with Crippen LogP contribution in [0.4, 0.5) is 0 Å². The number of carbonyl (C=O) groups excluding carboxylic acids is 1. The second-order valence-corrected chi connectivity index (χ2v) is 10.6. The van der Waals surface area contributed by atoms with Crippen LogP contribution in [0.1, 0.15) is 41.3 Å². The number of aryl methyl sites for hydroxylation is 3. The number of aromatic nitrogens is 3. The lowest BCUT2D eigenvalue weighted by atomic mass is 9.97. The Hall–Kier alpha value is -3.30. The highest BCUT2D eigenvalue weighted by molar-refractivity contribution is 7.99. The molecule has 0 unspecified atom stereocenters. The molecule has 1 amide bonds. The Balaban J connectivity index is 1.45. The van der Waals surface area contributed by atoms with Gasteiger partial charge in [0.1, 0.15) is 4.83 Å². The summed E-state index contributed by atoms with van der Waals surface area (Å²) >= 11 is 2.86. The van der Waals surface area contributed by atoms with Crippen LogP contribution in [0.25, 0.3) is 15.9 Å². The summed E-state index contributed by atoms with van der Waals surface area (Å²) in [4.78, 5) is 37.3. The Morgan fingerprint density at radius 3 is 2.77 bits per heavy atom. The molecule has 0 bridgehead atoms. The van der Waals surface area contributed by atoms with Gasteiger partial charge in [-0.05, 0) is 63.3 Å². The first-order chi connectivity index (χ1) is 17.0. The predicted octanol–water partition coefficient (Wildman–Crippen LogP) is 4.66. The van der Waals surface area contributed by atoms with E-state index in [4.69, 9.17) is 4.98 Å². The van der Waals surface area contributed by atoms with Crippen molar-refractivity contribution in [2.24, 2.45) is 5.10 Å². The number of nitrogens with one attached hydrogen (secondary N) is 1. The Labute approximate surface area is 211 Å². The molecule has 0 aliphatic heterocycles. The predicted molar refractivity (Wildman–Crippen MR) is 142 cm³/mol. The summed E-state index contributed by atoms with van der Waals surface area (Å²) in [6.07, 6.45) is 7.54. The van der Waals surface area contributed by atoms with Crippen LogP contribution in [-0.2, 0) is 17.6 Å². The van der Waals surface area contributed by atoms with E-state index >= 15 is 0 Å². The van der Waals surface area contributed by atoms with Gasteiger partial charge in [-0.15, -0.1) is 11.3 Å². The highest BCUT2D eigenvalue weighted by atomic mass is 32.2. The first-order valence-corrected chi connectivity index (χ1v) is 13.3. The minimum absolute atomic E-state index is 0.0633. The minimum atomic E-state index is -0.270. The minimum Gasteiger partial charge on any atom is -0.272 e. The lowest BCUT2D eigenvalue weighted by Crippen LogP contribution is -2.24. The molecule has 5 rings (SSSR count). The molecule has 0 fully saturated rings. The molecule has 0 spiro atoms. The van der Waals surface area contributed by atoms with Gasteiger partial charge in [-0.3, -0.25) is 19.1 Å². The standard InChI is InChI=1S/C26H25N5O2S2/c1-16-9-11-19(12-10-16)31-25(33)23-20-7-3-4-8-21(20)35-24(23)28-26(31)34-15-22(32)30-29-17(2)18-6-5-13-27-14-18/h5-6,9-14H,3-4,7-8,15H2,1-2H3,(H,30,32)/b29-17-. The molecule has 1 aliphatic rings. The van der Waals surface area contributed by atoms with Gasteiger partial charge in [0.25, 0.3) is 11.5 Å². The molecule has 1 aliphatic carbocycles. The average molecular weight is 504 g/mol. The molecule has 178 valence electrons. The molecule has 0 saturated heterocycles. The molecular weight excluding hydrogens is 478 g/mol. The number of benzene rings is 1. The maximum Gasteiger partial charge on any atom is 0.267 e. The van der Waals surface area contributed by atoms with E-state index in [1.54, 1.807) is 28.3 Å². The number of hydrogen-bond acceptors (Lipinski definition) is 7. The monoisotopic (exact) mass is 503 g/mol. The van der Waals surface area contributed by atoms with Gasteiger partial charge in [0.2, 0.25) is 0 Å². The highest BCUT2D eigenvalue weighted by Crippen LogP contribution is 2.35. The van der Waals surface area contributed by atoms with Gasteiger partial charge in [-0.2, -0.15) is 5.10 Å². The molecule has 0 radical (unpaired) electrons. The molecule has 0 saturated carbocycles. The lowest BCUT2D eigenvalue weighted by Gasteiger charge is -2.13. The van der Waals surface area contributed by atoms with E-state index in [-0.39, 0.29) is 17.2 Å². The number of pyridine rings is 1. The normalized spacial score (nSPS) is 13.6. The van der Waals surface area contributed by atoms with E-state index < -0.39 is 0 Å². The summed E-state index contributed by atoms with van der Waals surface area (Å²) in [5.41, 5.74) is 7.05. The van der Waals surface area contributed by atoms with E-state index in [1.165, 1.54) is 16.6 Å². The van der Waals surface area contributed by atoms with E-state index in [0.717, 1.165) is 58.3 Å². The van der Waals surface area contributed by atoms with Crippen LogP contribution in [-0.4, -0.2) is 31.9 Å². The molecule has 3 heterocycles. The van der Waals surface area contributed by atoms with Crippen molar-refractivity contribution in [1.82, 2.24) is 20.0 Å². The second kappa shape index (κ2) is 10.1. The first kappa shape index (κ1) is 23.4. The number of hydrazone groups is 1. The van der Waals surface area contributed by atoms with Crippen molar-refractivity contribution in [3.05, 3.63) is 80.7 Å². The summed E-state index contributed by atoms with van der Waals surface area (Å²) in [7, 11) is 0. The summed E-state index contributed by atoms with van der Waals surface area (Å²) in [5.74, 6) is -0.188. The second-order valence-electron chi connectivity index (χ2n) is 8.52. The molecule has 7 nitrogen and oxygen atoms in total. The number of rotatable bonds is 6. The van der Waals surface area contributed by atoms with Crippen LogP contribution in [0.2, 0.25) is 0 Å². The van der Waals surface area contributed by atoms with Gasteiger partial charge in [-0.25, -0.2) is 10.4 Å². The molecule has 1 aromatic carbocycles. The van der Waals surface area contributed by atoms with Gasteiger partial charge < -0.3 is 0 Å². The Kier molecular flexibility index (Phi) is 6.79. The number of fused-ring (bicyclic) bond motifs is 3. The Bertz CT molecular complexity index is 1470. The summed E-state index contributed by atoms with van der Waals surface area (Å²) < 4.78 is 1.64. The number of hydrogen-bond donors (Lipinski definition) is 1. The van der Waals surface area contributed by atoms with E-state index in [1.807, 2.05) is 50.2 Å².